The Labute approximate surface area is 180 Å². The summed E-state index contributed by atoms with van der Waals surface area (Å²) in [5.74, 6) is -1.06. The Morgan fingerprint density at radius 2 is 1.65 bits per heavy atom. The molecular formula is C24H16ClF3O3. The van der Waals surface area contributed by atoms with Gasteiger partial charge in [-0.1, -0.05) is 53.6 Å². The van der Waals surface area contributed by atoms with Crippen molar-refractivity contribution in [2.45, 2.75) is 19.7 Å². The van der Waals surface area contributed by atoms with Crippen LogP contribution in [0.5, 0.6) is 5.75 Å². The molecular weight excluding hydrogens is 429 g/mol. The molecule has 31 heavy (non-hydrogen) atoms. The van der Waals surface area contributed by atoms with Gasteiger partial charge in [0.15, 0.2) is 0 Å². The first-order valence-corrected chi connectivity index (χ1v) is 9.72. The Bertz CT molecular complexity index is 1290. The van der Waals surface area contributed by atoms with Gasteiger partial charge in [-0.15, -0.1) is 0 Å². The molecule has 0 amide bonds. The second kappa shape index (κ2) is 8.12. The Kier molecular flexibility index (Phi) is 5.50. The van der Waals surface area contributed by atoms with Crippen molar-refractivity contribution in [1.29, 1.82) is 0 Å². The molecule has 4 rings (SSSR count). The molecule has 7 heteroatoms. The molecule has 0 aliphatic rings. The van der Waals surface area contributed by atoms with Crippen molar-refractivity contribution in [3.8, 4) is 16.9 Å². The number of benzene rings is 3. The van der Waals surface area contributed by atoms with Crippen LogP contribution in [0, 0.1) is 6.92 Å². The van der Waals surface area contributed by atoms with E-state index < -0.39 is 22.9 Å². The number of ether oxygens (including phenoxy) is 1. The largest absolute Gasteiger partial charge is 0.489 e. The van der Waals surface area contributed by atoms with Crippen LogP contribution in [0.4, 0.5) is 13.2 Å². The van der Waals surface area contributed by atoms with Crippen molar-refractivity contribution in [2.24, 2.45) is 0 Å². The lowest BCUT2D eigenvalue weighted by Gasteiger charge is -2.13. The molecule has 0 fully saturated rings. The summed E-state index contributed by atoms with van der Waals surface area (Å²) < 4.78 is 52.1. The highest BCUT2D eigenvalue weighted by molar-refractivity contribution is 6.30. The Balaban J connectivity index is 1.77. The lowest BCUT2D eigenvalue weighted by atomic mass is 10.0. The van der Waals surface area contributed by atoms with Crippen LogP contribution >= 0.6 is 11.6 Å². The molecule has 0 aliphatic heterocycles. The molecule has 0 radical (unpaired) electrons. The van der Waals surface area contributed by atoms with Gasteiger partial charge in [0.1, 0.15) is 17.9 Å². The summed E-state index contributed by atoms with van der Waals surface area (Å²) in [5, 5.41) is 0.374. The zero-order valence-electron chi connectivity index (χ0n) is 16.3. The average Bonchev–Trinajstić information content (AvgIpc) is 2.73. The Hall–Kier alpha value is -3.25. The van der Waals surface area contributed by atoms with Crippen LogP contribution in [-0.2, 0) is 12.8 Å². The molecule has 0 unspecified atom stereocenters. The lowest BCUT2D eigenvalue weighted by Crippen LogP contribution is -2.16. The highest BCUT2D eigenvalue weighted by Crippen LogP contribution is 2.38. The highest BCUT2D eigenvalue weighted by Gasteiger charge is 2.39. The summed E-state index contributed by atoms with van der Waals surface area (Å²) in [7, 11) is 0. The second-order valence-corrected chi connectivity index (χ2v) is 7.51. The van der Waals surface area contributed by atoms with E-state index in [9.17, 15) is 18.0 Å². The summed E-state index contributed by atoms with van der Waals surface area (Å²) in [6.07, 6.45) is -4.86. The number of hydrogen-bond donors (Lipinski definition) is 0. The second-order valence-electron chi connectivity index (χ2n) is 7.07. The van der Waals surface area contributed by atoms with Gasteiger partial charge in [-0.2, -0.15) is 13.2 Å². The van der Waals surface area contributed by atoms with Crippen LogP contribution in [0.3, 0.4) is 0 Å². The number of rotatable bonds is 4. The van der Waals surface area contributed by atoms with E-state index in [0.29, 0.717) is 10.8 Å². The van der Waals surface area contributed by atoms with Gasteiger partial charge in [-0.25, -0.2) is 0 Å². The van der Waals surface area contributed by atoms with Crippen molar-refractivity contribution in [3.05, 3.63) is 98.9 Å². The smallest absolute Gasteiger partial charge is 0.450 e. The van der Waals surface area contributed by atoms with Crippen molar-refractivity contribution < 1.29 is 22.3 Å². The maximum atomic E-state index is 13.7. The minimum atomic E-state index is -4.86. The zero-order valence-corrected chi connectivity index (χ0v) is 17.1. The fraction of sp³-hybridized carbons (Fsp3) is 0.125. The molecule has 0 saturated carbocycles. The fourth-order valence-corrected chi connectivity index (χ4v) is 3.32. The van der Waals surface area contributed by atoms with Gasteiger partial charge < -0.3 is 9.15 Å². The van der Waals surface area contributed by atoms with Crippen LogP contribution in [-0.4, -0.2) is 0 Å². The minimum absolute atomic E-state index is 0.0284. The molecule has 0 aliphatic carbocycles. The first kappa shape index (κ1) is 21.0. The quantitative estimate of drug-likeness (QED) is 0.339. The predicted octanol–water partition coefficient (Wildman–Crippen LogP) is 7.02. The van der Waals surface area contributed by atoms with E-state index in [1.165, 1.54) is 42.5 Å². The maximum Gasteiger partial charge on any atom is 0.450 e. The number of alkyl halides is 3. The fourth-order valence-electron chi connectivity index (χ4n) is 3.19. The minimum Gasteiger partial charge on any atom is -0.489 e. The summed E-state index contributed by atoms with van der Waals surface area (Å²) in [5.41, 5.74) is 0.558. The average molecular weight is 445 g/mol. The maximum absolute atomic E-state index is 13.7. The molecule has 1 heterocycles. The Morgan fingerprint density at radius 3 is 2.29 bits per heavy atom. The van der Waals surface area contributed by atoms with Crippen LogP contribution in [0.2, 0.25) is 5.02 Å². The van der Waals surface area contributed by atoms with Crippen LogP contribution in [0.25, 0.3) is 22.1 Å². The van der Waals surface area contributed by atoms with Gasteiger partial charge in [0, 0.05) is 11.1 Å². The first-order chi connectivity index (χ1) is 14.7. The van der Waals surface area contributed by atoms with Crippen molar-refractivity contribution in [1.82, 2.24) is 0 Å². The van der Waals surface area contributed by atoms with E-state index in [1.54, 1.807) is 0 Å². The van der Waals surface area contributed by atoms with Crippen molar-refractivity contribution in [2.75, 3.05) is 0 Å². The summed E-state index contributed by atoms with van der Waals surface area (Å²) in [4.78, 5) is 13.0. The van der Waals surface area contributed by atoms with Crippen molar-refractivity contribution in [3.63, 3.8) is 0 Å². The van der Waals surface area contributed by atoms with Crippen LogP contribution in [0.1, 0.15) is 16.9 Å². The first-order valence-electron chi connectivity index (χ1n) is 9.35. The van der Waals surface area contributed by atoms with E-state index >= 15 is 0 Å². The van der Waals surface area contributed by atoms with Gasteiger partial charge in [-0.3, -0.25) is 4.79 Å². The van der Waals surface area contributed by atoms with Gasteiger partial charge in [-0.05, 0) is 42.3 Å². The third-order valence-corrected chi connectivity index (χ3v) is 5.03. The third kappa shape index (κ3) is 4.44. The van der Waals surface area contributed by atoms with Gasteiger partial charge in [0.25, 0.3) is 0 Å². The summed E-state index contributed by atoms with van der Waals surface area (Å²) in [6, 6.07) is 17.5. The van der Waals surface area contributed by atoms with Crippen molar-refractivity contribution >= 4 is 22.6 Å². The van der Waals surface area contributed by atoms with E-state index in [0.717, 1.165) is 11.1 Å². The van der Waals surface area contributed by atoms with Crippen LogP contribution in [0.15, 0.2) is 75.9 Å². The predicted molar refractivity (Wildman–Crippen MR) is 113 cm³/mol. The number of halogens is 4. The van der Waals surface area contributed by atoms with Gasteiger partial charge >= 0.3 is 6.18 Å². The molecule has 3 nitrogen and oxygen atoms in total. The standard InChI is InChI=1S/C24H16ClF3O3/c1-14-2-4-15(5-3-14)13-30-18-10-11-19-20(12-18)31-23(24(26,27)28)21(22(19)29)16-6-8-17(25)9-7-16/h2-12H,13H2,1H3. The molecule has 0 spiro atoms. The van der Waals surface area contributed by atoms with Crippen LogP contribution < -0.4 is 10.2 Å². The number of fused-ring (bicyclic) bond motifs is 1. The molecule has 0 bridgehead atoms. The molecule has 0 saturated heterocycles. The third-order valence-electron chi connectivity index (χ3n) is 4.78. The van der Waals surface area contributed by atoms with E-state index in [-0.39, 0.29) is 23.1 Å². The van der Waals surface area contributed by atoms with E-state index in [2.05, 4.69) is 0 Å². The molecule has 0 atom stereocenters. The molecule has 1 aromatic heterocycles. The summed E-state index contributed by atoms with van der Waals surface area (Å²) >= 11 is 5.83. The lowest BCUT2D eigenvalue weighted by molar-refractivity contribution is -0.152. The van der Waals surface area contributed by atoms with Gasteiger partial charge in [0.05, 0.1) is 10.9 Å². The molecule has 3 aromatic carbocycles. The SMILES string of the molecule is Cc1ccc(COc2ccc3c(=O)c(-c4ccc(Cl)cc4)c(C(F)(F)F)oc3c2)cc1. The van der Waals surface area contributed by atoms with E-state index in [1.807, 2.05) is 31.2 Å². The number of hydrogen-bond acceptors (Lipinski definition) is 3. The number of aryl methyl sites for hydroxylation is 1. The zero-order chi connectivity index (χ0) is 22.2. The molecule has 0 N–H and O–H groups in total. The molecule has 4 aromatic rings. The highest BCUT2D eigenvalue weighted by atomic mass is 35.5. The summed E-state index contributed by atoms with van der Waals surface area (Å²) in [6.45, 7) is 2.19. The normalized spacial score (nSPS) is 11.6. The topological polar surface area (TPSA) is 39.4 Å². The van der Waals surface area contributed by atoms with Gasteiger partial charge in [0.2, 0.25) is 11.2 Å². The van der Waals surface area contributed by atoms with E-state index in [4.69, 9.17) is 20.8 Å². The molecule has 158 valence electrons. The Morgan fingerprint density at radius 1 is 0.968 bits per heavy atom. The monoisotopic (exact) mass is 444 g/mol.